The summed E-state index contributed by atoms with van der Waals surface area (Å²) in [6.45, 7) is 1.41. The Hall–Kier alpha value is -4.45. The number of benzene rings is 4. The summed E-state index contributed by atoms with van der Waals surface area (Å²) in [5, 5.41) is 3.00. The summed E-state index contributed by atoms with van der Waals surface area (Å²) in [4.78, 5) is 12.6. The molecular formula is C32H33NO5. The van der Waals surface area contributed by atoms with Gasteiger partial charge in [0.2, 0.25) is 5.91 Å². The molecule has 0 aliphatic carbocycles. The maximum atomic E-state index is 12.6. The Kier molecular flexibility index (Phi) is 9.63. The van der Waals surface area contributed by atoms with Crippen molar-refractivity contribution in [2.24, 2.45) is 0 Å². The van der Waals surface area contributed by atoms with Crippen molar-refractivity contribution in [3.05, 3.63) is 119 Å². The van der Waals surface area contributed by atoms with Crippen molar-refractivity contribution < 1.29 is 23.7 Å². The van der Waals surface area contributed by atoms with Crippen LogP contribution in [0.4, 0.5) is 0 Å². The van der Waals surface area contributed by atoms with Gasteiger partial charge in [-0.05, 0) is 52.9 Å². The number of ether oxygens (including phenoxy) is 4. The highest BCUT2D eigenvalue weighted by Crippen LogP contribution is 2.30. The average Bonchev–Trinajstić information content (AvgIpc) is 2.96. The number of amides is 1. The van der Waals surface area contributed by atoms with Gasteiger partial charge in [0, 0.05) is 6.54 Å². The van der Waals surface area contributed by atoms with Crippen molar-refractivity contribution in [1.82, 2.24) is 5.32 Å². The second-order valence-electron chi connectivity index (χ2n) is 8.80. The highest BCUT2D eigenvalue weighted by atomic mass is 16.5. The maximum absolute atomic E-state index is 12.6. The Labute approximate surface area is 224 Å². The van der Waals surface area contributed by atoms with Crippen molar-refractivity contribution in [2.45, 2.75) is 26.1 Å². The minimum atomic E-state index is -0.0564. The lowest BCUT2D eigenvalue weighted by atomic mass is 10.1. The largest absolute Gasteiger partial charge is 0.493 e. The minimum absolute atomic E-state index is 0.0564. The third kappa shape index (κ3) is 7.77. The van der Waals surface area contributed by atoms with Crippen LogP contribution in [0.3, 0.4) is 0 Å². The third-order valence-corrected chi connectivity index (χ3v) is 6.03. The van der Waals surface area contributed by atoms with Crippen molar-refractivity contribution in [1.29, 1.82) is 0 Å². The summed E-state index contributed by atoms with van der Waals surface area (Å²) in [5.41, 5.74) is 4.06. The van der Waals surface area contributed by atoms with E-state index in [1.807, 2.05) is 97.1 Å². The topological polar surface area (TPSA) is 66.0 Å². The number of carbonyl (C=O) groups excluding carboxylic acids is 1. The molecule has 196 valence electrons. The molecule has 0 saturated heterocycles. The molecule has 0 radical (unpaired) electrons. The molecule has 1 N–H and O–H groups in total. The molecule has 6 heteroatoms. The van der Waals surface area contributed by atoms with E-state index in [2.05, 4.69) is 5.32 Å². The number of rotatable bonds is 13. The van der Waals surface area contributed by atoms with Crippen LogP contribution >= 0.6 is 0 Å². The van der Waals surface area contributed by atoms with Gasteiger partial charge in [0.05, 0.1) is 20.6 Å². The molecule has 0 bridgehead atoms. The lowest BCUT2D eigenvalue weighted by molar-refractivity contribution is -0.120. The van der Waals surface area contributed by atoms with Crippen molar-refractivity contribution in [3.63, 3.8) is 0 Å². The third-order valence-electron chi connectivity index (χ3n) is 6.03. The Morgan fingerprint density at radius 1 is 0.605 bits per heavy atom. The Balaban J connectivity index is 1.27. The second-order valence-corrected chi connectivity index (χ2v) is 8.80. The molecule has 6 nitrogen and oxygen atoms in total. The van der Waals surface area contributed by atoms with E-state index in [-0.39, 0.29) is 12.3 Å². The maximum Gasteiger partial charge on any atom is 0.224 e. The van der Waals surface area contributed by atoms with Crippen LogP contribution in [0.1, 0.15) is 22.3 Å². The summed E-state index contributed by atoms with van der Waals surface area (Å²) in [6, 6.07) is 31.4. The van der Waals surface area contributed by atoms with Gasteiger partial charge < -0.3 is 24.3 Å². The molecule has 1 amide bonds. The zero-order valence-corrected chi connectivity index (χ0v) is 21.8. The smallest absolute Gasteiger partial charge is 0.224 e. The van der Waals surface area contributed by atoms with E-state index in [1.54, 1.807) is 14.2 Å². The standard InChI is InChI=1S/C32H33NO5/c1-35-28-15-13-24(19-31(28)38-23-26-11-7-4-8-12-26)17-18-33-32(34)21-27-14-16-29(30(20-27)36-2)37-22-25-9-5-3-6-10-25/h3-16,19-20H,17-18,21-23H2,1-2H3,(H,33,34). The first kappa shape index (κ1) is 26.6. The fourth-order valence-corrected chi connectivity index (χ4v) is 4.00. The van der Waals surface area contributed by atoms with Crippen LogP contribution in [-0.2, 0) is 30.8 Å². The molecule has 38 heavy (non-hydrogen) atoms. The Morgan fingerprint density at radius 2 is 1.16 bits per heavy atom. The molecule has 0 aromatic heterocycles. The van der Waals surface area contributed by atoms with Gasteiger partial charge in [0.15, 0.2) is 23.0 Å². The fraction of sp³-hybridized carbons (Fsp3) is 0.219. The van der Waals surface area contributed by atoms with E-state index in [0.717, 1.165) is 22.3 Å². The Morgan fingerprint density at radius 3 is 1.79 bits per heavy atom. The van der Waals surface area contributed by atoms with E-state index < -0.39 is 0 Å². The van der Waals surface area contributed by atoms with E-state index in [1.165, 1.54) is 0 Å². The number of hydrogen-bond donors (Lipinski definition) is 1. The molecular weight excluding hydrogens is 478 g/mol. The number of carbonyl (C=O) groups is 1. The summed E-state index contributed by atoms with van der Waals surface area (Å²) in [7, 11) is 3.22. The lowest BCUT2D eigenvalue weighted by Gasteiger charge is -2.13. The van der Waals surface area contributed by atoms with Gasteiger partial charge in [0.25, 0.3) is 0 Å². The van der Waals surface area contributed by atoms with Crippen molar-refractivity contribution in [2.75, 3.05) is 20.8 Å². The molecule has 0 aliphatic heterocycles. The van der Waals surface area contributed by atoms with Crippen LogP contribution in [0.25, 0.3) is 0 Å². The quantitative estimate of drug-likeness (QED) is 0.247. The zero-order valence-electron chi connectivity index (χ0n) is 21.8. The molecule has 0 heterocycles. The minimum Gasteiger partial charge on any atom is -0.493 e. The molecule has 0 unspecified atom stereocenters. The summed E-state index contributed by atoms with van der Waals surface area (Å²) in [6.07, 6.45) is 0.927. The molecule has 0 atom stereocenters. The van der Waals surface area contributed by atoms with Crippen LogP contribution in [0.5, 0.6) is 23.0 Å². The van der Waals surface area contributed by atoms with Crippen LogP contribution in [0, 0.1) is 0 Å². The van der Waals surface area contributed by atoms with Gasteiger partial charge in [0.1, 0.15) is 13.2 Å². The van der Waals surface area contributed by atoms with Crippen LogP contribution in [0.2, 0.25) is 0 Å². The SMILES string of the molecule is COc1cc(CC(=O)NCCc2ccc(OC)c(OCc3ccccc3)c2)ccc1OCc1ccccc1. The van der Waals surface area contributed by atoms with Crippen molar-refractivity contribution >= 4 is 5.91 Å². The van der Waals surface area contributed by atoms with Gasteiger partial charge in [-0.25, -0.2) is 0 Å². The highest BCUT2D eigenvalue weighted by Gasteiger charge is 2.11. The predicted octanol–water partition coefficient (Wildman–Crippen LogP) is 5.76. The molecule has 4 aromatic carbocycles. The molecule has 4 aromatic rings. The van der Waals surface area contributed by atoms with Crippen LogP contribution < -0.4 is 24.3 Å². The summed E-state index contributed by atoms with van der Waals surface area (Å²) >= 11 is 0. The number of methoxy groups -OCH3 is 2. The van der Waals surface area contributed by atoms with E-state index >= 15 is 0 Å². The molecule has 0 aliphatic rings. The molecule has 4 rings (SSSR count). The first-order valence-corrected chi connectivity index (χ1v) is 12.6. The van der Waals surface area contributed by atoms with Gasteiger partial charge in [-0.1, -0.05) is 72.8 Å². The van der Waals surface area contributed by atoms with Gasteiger partial charge in [-0.2, -0.15) is 0 Å². The van der Waals surface area contributed by atoms with Gasteiger partial charge in [-0.15, -0.1) is 0 Å². The summed E-state index contributed by atoms with van der Waals surface area (Å²) < 4.78 is 22.9. The van der Waals surface area contributed by atoms with E-state index in [0.29, 0.717) is 49.2 Å². The van der Waals surface area contributed by atoms with Gasteiger partial charge in [-0.3, -0.25) is 4.79 Å². The number of hydrogen-bond acceptors (Lipinski definition) is 5. The highest BCUT2D eigenvalue weighted by molar-refractivity contribution is 5.78. The first-order chi connectivity index (χ1) is 18.6. The molecule has 0 saturated carbocycles. The van der Waals surface area contributed by atoms with E-state index in [4.69, 9.17) is 18.9 Å². The first-order valence-electron chi connectivity index (χ1n) is 12.6. The van der Waals surface area contributed by atoms with Crippen LogP contribution in [0.15, 0.2) is 97.1 Å². The normalized spacial score (nSPS) is 10.5. The summed E-state index contributed by atoms with van der Waals surface area (Å²) in [5.74, 6) is 2.55. The zero-order chi connectivity index (χ0) is 26.6. The average molecular weight is 512 g/mol. The second kappa shape index (κ2) is 13.7. The predicted molar refractivity (Wildman–Crippen MR) is 148 cm³/mol. The fourth-order valence-electron chi connectivity index (χ4n) is 4.00. The number of nitrogens with one attached hydrogen (secondary N) is 1. The lowest BCUT2D eigenvalue weighted by Crippen LogP contribution is -2.27. The Bertz CT molecular complexity index is 1310. The van der Waals surface area contributed by atoms with E-state index in [9.17, 15) is 4.79 Å². The van der Waals surface area contributed by atoms with Crippen molar-refractivity contribution in [3.8, 4) is 23.0 Å². The molecule has 0 spiro atoms. The van der Waals surface area contributed by atoms with Gasteiger partial charge >= 0.3 is 0 Å². The monoisotopic (exact) mass is 511 g/mol. The van der Waals surface area contributed by atoms with Crippen LogP contribution in [-0.4, -0.2) is 26.7 Å². The molecule has 0 fully saturated rings.